The van der Waals surface area contributed by atoms with Crippen LogP contribution in [-0.2, 0) is 16.0 Å². The van der Waals surface area contributed by atoms with Crippen molar-refractivity contribution in [1.29, 1.82) is 0 Å². The minimum Gasteiger partial charge on any atom is -0.481 e. The topological polar surface area (TPSA) is 58.6 Å². The first-order chi connectivity index (χ1) is 12.0. The van der Waals surface area contributed by atoms with Crippen LogP contribution in [0, 0.1) is 0 Å². The molecule has 2 aromatic rings. The Morgan fingerprint density at radius 2 is 1.84 bits per heavy atom. The van der Waals surface area contributed by atoms with Crippen LogP contribution in [0.1, 0.15) is 26.3 Å². The number of hydrogen-bond acceptors (Lipinski definition) is 3. The van der Waals surface area contributed by atoms with Crippen LogP contribution >= 0.6 is 0 Å². The molecule has 0 radical (unpaired) electrons. The summed E-state index contributed by atoms with van der Waals surface area (Å²) < 4.78 is 5.81. The molecule has 130 valence electrons. The number of nitrogens with zero attached hydrogens (tertiary/aromatic N) is 1. The zero-order chi connectivity index (χ0) is 18.0. The van der Waals surface area contributed by atoms with E-state index in [1.807, 2.05) is 30.0 Å². The van der Waals surface area contributed by atoms with E-state index in [4.69, 9.17) is 4.74 Å². The van der Waals surface area contributed by atoms with Crippen molar-refractivity contribution >= 4 is 23.2 Å². The second kappa shape index (κ2) is 6.97. The number of hydrogen-bond donors (Lipinski definition) is 1. The third-order valence-corrected chi connectivity index (χ3v) is 4.28. The van der Waals surface area contributed by atoms with Gasteiger partial charge in [-0.25, -0.2) is 0 Å². The average Bonchev–Trinajstić information content (AvgIpc) is 2.91. The fourth-order valence-corrected chi connectivity index (χ4v) is 3.17. The Labute approximate surface area is 147 Å². The molecule has 1 heterocycles. The van der Waals surface area contributed by atoms with Crippen LogP contribution in [-0.4, -0.2) is 24.0 Å². The zero-order valence-corrected chi connectivity index (χ0v) is 14.7. The molecule has 25 heavy (non-hydrogen) atoms. The maximum Gasteiger partial charge on any atom is 0.268 e. The number of nitrogens with one attached hydrogen (secondary N) is 1. The molecule has 0 saturated heterocycles. The molecule has 3 rings (SSSR count). The molecule has 0 fully saturated rings. The molecule has 1 aliphatic rings. The van der Waals surface area contributed by atoms with Gasteiger partial charge in [0.1, 0.15) is 5.75 Å². The van der Waals surface area contributed by atoms with Crippen LogP contribution in [0.4, 0.5) is 11.4 Å². The van der Waals surface area contributed by atoms with Crippen molar-refractivity contribution in [2.75, 3.05) is 10.2 Å². The maximum absolute atomic E-state index is 12.9. The summed E-state index contributed by atoms with van der Waals surface area (Å²) in [6, 6.07) is 15.1. The van der Waals surface area contributed by atoms with Crippen molar-refractivity contribution in [3.05, 3.63) is 54.1 Å². The highest BCUT2D eigenvalue weighted by Gasteiger charge is 2.33. The van der Waals surface area contributed by atoms with Crippen molar-refractivity contribution in [2.45, 2.75) is 39.3 Å². The summed E-state index contributed by atoms with van der Waals surface area (Å²) in [6.45, 7) is 5.27. The highest BCUT2D eigenvalue weighted by molar-refractivity contribution is 5.99. The van der Waals surface area contributed by atoms with Crippen molar-refractivity contribution in [2.24, 2.45) is 0 Å². The largest absolute Gasteiger partial charge is 0.481 e. The number of rotatable bonds is 4. The van der Waals surface area contributed by atoms with Gasteiger partial charge in [-0.1, -0.05) is 18.2 Å². The molecule has 5 nitrogen and oxygen atoms in total. The number of ether oxygens (including phenoxy) is 1. The Morgan fingerprint density at radius 1 is 1.16 bits per heavy atom. The van der Waals surface area contributed by atoms with E-state index in [-0.39, 0.29) is 17.9 Å². The summed E-state index contributed by atoms with van der Waals surface area (Å²) >= 11 is 0. The Kier molecular flexibility index (Phi) is 4.74. The van der Waals surface area contributed by atoms with Crippen LogP contribution in [0.25, 0.3) is 0 Å². The number of anilines is 2. The molecule has 5 heteroatoms. The van der Waals surface area contributed by atoms with E-state index in [9.17, 15) is 9.59 Å². The summed E-state index contributed by atoms with van der Waals surface area (Å²) in [5.74, 6) is 0.414. The molecule has 1 aliphatic heterocycles. The lowest BCUT2D eigenvalue weighted by molar-refractivity contribution is -0.124. The van der Waals surface area contributed by atoms with Crippen LogP contribution < -0.4 is 15.0 Å². The maximum atomic E-state index is 12.9. The number of benzene rings is 2. The van der Waals surface area contributed by atoms with Crippen LogP contribution in [0.2, 0.25) is 0 Å². The first kappa shape index (κ1) is 17.0. The SMILES string of the molecule is CC(=O)Nc1ccc(O[C@@H](C)C(=O)N2c3ccccc3C[C@@H]2C)cc1. The molecule has 0 aliphatic carbocycles. The predicted octanol–water partition coefficient (Wildman–Crippen LogP) is 3.39. The summed E-state index contributed by atoms with van der Waals surface area (Å²) in [7, 11) is 0. The summed E-state index contributed by atoms with van der Waals surface area (Å²) in [5.41, 5.74) is 2.85. The number of carbonyl (C=O) groups is 2. The number of para-hydroxylation sites is 1. The lowest BCUT2D eigenvalue weighted by Gasteiger charge is -2.26. The molecule has 2 amide bonds. The van der Waals surface area contributed by atoms with Gasteiger partial charge in [0, 0.05) is 24.3 Å². The van der Waals surface area contributed by atoms with E-state index in [0.29, 0.717) is 11.4 Å². The van der Waals surface area contributed by atoms with E-state index >= 15 is 0 Å². The van der Waals surface area contributed by atoms with Crippen molar-refractivity contribution < 1.29 is 14.3 Å². The van der Waals surface area contributed by atoms with E-state index in [1.54, 1.807) is 31.2 Å². The molecule has 0 spiro atoms. The summed E-state index contributed by atoms with van der Waals surface area (Å²) in [5, 5.41) is 2.70. The van der Waals surface area contributed by atoms with E-state index < -0.39 is 6.10 Å². The minimum absolute atomic E-state index is 0.0524. The lowest BCUT2D eigenvalue weighted by Crippen LogP contribution is -2.43. The first-order valence-electron chi connectivity index (χ1n) is 8.41. The van der Waals surface area contributed by atoms with Gasteiger partial charge in [-0.05, 0) is 56.2 Å². The molecule has 0 aromatic heterocycles. The Morgan fingerprint density at radius 3 is 2.52 bits per heavy atom. The lowest BCUT2D eigenvalue weighted by atomic mass is 10.1. The van der Waals surface area contributed by atoms with Gasteiger partial charge in [0.15, 0.2) is 6.10 Å². The van der Waals surface area contributed by atoms with Gasteiger partial charge in [0.2, 0.25) is 5.91 Å². The molecule has 0 unspecified atom stereocenters. The second-order valence-corrected chi connectivity index (χ2v) is 6.36. The fourth-order valence-electron chi connectivity index (χ4n) is 3.17. The van der Waals surface area contributed by atoms with Gasteiger partial charge < -0.3 is 15.0 Å². The molecule has 0 saturated carbocycles. The quantitative estimate of drug-likeness (QED) is 0.929. The van der Waals surface area contributed by atoms with Gasteiger partial charge in [-0.3, -0.25) is 9.59 Å². The van der Waals surface area contributed by atoms with Gasteiger partial charge in [0.05, 0.1) is 0 Å². The van der Waals surface area contributed by atoms with Gasteiger partial charge in [-0.15, -0.1) is 0 Å². The van der Waals surface area contributed by atoms with E-state index in [0.717, 1.165) is 12.1 Å². The highest BCUT2D eigenvalue weighted by Crippen LogP contribution is 2.32. The molecular weight excluding hydrogens is 316 g/mol. The molecular formula is C20H22N2O3. The minimum atomic E-state index is -0.597. The van der Waals surface area contributed by atoms with Gasteiger partial charge >= 0.3 is 0 Å². The number of carbonyl (C=O) groups excluding carboxylic acids is 2. The van der Waals surface area contributed by atoms with Crippen molar-refractivity contribution in [3.8, 4) is 5.75 Å². The molecule has 2 atom stereocenters. The Bertz CT molecular complexity index is 786. The summed E-state index contributed by atoms with van der Waals surface area (Å²) in [4.78, 5) is 25.8. The highest BCUT2D eigenvalue weighted by atomic mass is 16.5. The van der Waals surface area contributed by atoms with Crippen molar-refractivity contribution in [3.63, 3.8) is 0 Å². The second-order valence-electron chi connectivity index (χ2n) is 6.36. The number of amides is 2. The van der Waals surface area contributed by atoms with Gasteiger partial charge in [-0.2, -0.15) is 0 Å². The van der Waals surface area contributed by atoms with Crippen LogP contribution in [0.3, 0.4) is 0 Å². The normalized spacial score (nSPS) is 16.9. The van der Waals surface area contributed by atoms with Gasteiger partial charge in [0.25, 0.3) is 5.91 Å². The third kappa shape index (κ3) is 3.65. The average molecular weight is 338 g/mol. The smallest absolute Gasteiger partial charge is 0.268 e. The number of fused-ring (bicyclic) bond motifs is 1. The molecule has 2 aromatic carbocycles. The summed E-state index contributed by atoms with van der Waals surface area (Å²) in [6.07, 6.45) is 0.264. The Hall–Kier alpha value is -2.82. The fraction of sp³-hybridized carbons (Fsp3) is 0.300. The molecule has 0 bridgehead atoms. The van der Waals surface area contributed by atoms with Crippen LogP contribution in [0.5, 0.6) is 5.75 Å². The monoisotopic (exact) mass is 338 g/mol. The van der Waals surface area contributed by atoms with Crippen molar-refractivity contribution in [1.82, 2.24) is 0 Å². The first-order valence-corrected chi connectivity index (χ1v) is 8.41. The van der Waals surface area contributed by atoms with E-state index in [1.165, 1.54) is 12.5 Å². The third-order valence-electron chi connectivity index (χ3n) is 4.28. The Balaban J connectivity index is 1.70. The zero-order valence-electron chi connectivity index (χ0n) is 14.7. The van der Waals surface area contributed by atoms with Crippen LogP contribution in [0.15, 0.2) is 48.5 Å². The standard InChI is InChI=1S/C20H22N2O3/c1-13-12-16-6-4-5-7-19(16)22(13)20(24)14(2)25-18-10-8-17(9-11-18)21-15(3)23/h4-11,13-14H,12H2,1-3H3,(H,21,23)/t13-,14-/m0/s1. The predicted molar refractivity (Wildman–Crippen MR) is 97.9 cm³/mol. The van der Waals surface area contributed by atoms with E-state index in [2.05, 4.69) is 11.4 Å². The molecule has 1 N–H and O–H groups in total.